The van der Waals surface area contributed by atoms with Crippen molar-refractivity contribution in [3.63, 3.8) is 0 Å². The third kappa shape index (κ3) is 3.63. The van der Waals surface area contributed by atoms with Crippen LogP contribution in [0.2, 0.25) is 0 Å². The van der Waals surface area contributed by atoms with Gasteiger partial charge in [-0.15, -0.1) is 0 Å². The normalized spacial score (nSPS) is 12.0. The molecule has 1 N–H and O–H groups in total. The Kier molecular flexibility index (Phi) is 5.00. The van der Waals surface area contributed by atoms with Crippen LogP contribution in [0.5, 0.6) is 0 Å². The van der Waals surface area contributed by atoms with Crippen molar-refractivity contribution >= 4 is 0 Å². The quantitative estimate of drug-likeness (QED) is 0.773. The summed E-state index contributed by atoms with van der Waals surface area (Å²) in [5.41, 5.74) is -0.491. The Morgan fingerprint density at radius 3 is 2.31 bits per heavy atom. The molecule has 0 saturated heterocycles. The Labute approximate surface area is 98.5 Å². The van der Waals surface area contributed by atoms with Crippen molar-refractivity contribution in [2.45, 2.75) is 58.0 Å². The summed E-state index contributed by atoms with van der Waals surface area (Å²) in [6.45, 7) is 4.25. The van der Waals surface area contributed by atoms with E-state index in [0.29, 0.717) is 0 Å². The van der Waals surface area contributed by atoms with E-state index in [2.05, 4.69) is 18.8 Å². The second-order valence-electron chi connectivity index (χ2n) is 4.68. The van der Waals surface area contributed by atoms with Crippen LogP contribution in [-0.2, 0) is 13.5 Å². The molecule has 0 aromatic carbocycles. The van der Waals surface area contributed by atoms with Gasteiger partial charge in [-0.05, 0) is 19.3 Å². The molecule has 0 amide bonds. The fourth-order valence-corrected chi connectivity index (χ4v) is 2.29. The number of aromatic nitrogens is 2. The molecular formula is C13H24N2O. The van der Waals surface area contributed by atoms with Gasteiger partial charge in [0.15, 0.2) is 0 Å². The van der Waals surface area contributed by atoms with Crippen LogP contribution in [0, 0.1) is 0 Å². The van der Waals surface area contributed by atoms with Gasteiger partial charge in [0.2, 0.25) is 0 Å². The van der Waals surface area contributed by atoms with Crippen molar-refractivity contribution in [2.75, 3.05) is 0 Å². The van der Waals surface area contributed by atoms with Gasteiger partial charge in [-0.3, -0.25) is 0 Å². The number of rotatable bonds is 7. The molecule has 0 saturated carbocycles. The van der Waals surface area contributed by atoms with E-state index in [4.69, 9.17) is 0 Å². The van der Waals surface area contributed by atoms with Gasteiger partial charge in [-0.2, -0.15) is 0 Å². The lowest BCUT2D eigenvalue weighted by atomic mass is 9.88. The molecule has 0 aliphatic carbocycles. The first kappa shape index (κ1) is 13.2. The maximum atomic E-state index is 10.5. The highest BCUT2D eigenvalue weighted by molar-refractivity contribution is 4.93. The van der Waals surface area contributed by atoms with Crippen LogP contribution in [0.3, 0.4) is 0 Å². The van der Waals surface area contributed by atoms with Crippen molar-refractivity contribution in [3.05, 3.63) is 18.2 Å². The van der Waals surface area contributed by atoms with Gasteiger partial charge in [0.05, 0.1) is 5.60 Å². The molecule has 0 unspecified atom stereocenters. The van der Waals surface area contributed by atoms with Crippen LogP contribution in [0.25, 0.3) is 0 Å². The van der Waals surface area contributed by atoms with Gasteiger partial charge in [-0.25, -0.2) is 4.98 Å². The Morgan fingerprint density at radius 2 is 1.88 bits per heavy atom. The molecule has 0 radical (unpaired) electrons. The average molecular weight is 224 g/mol. The zero-order valence-corrected chi connectivity index (χ0v) is 10.7. The lowest BCUT2D eigenvalue weighted by Crippen LogP contribution is -2.29. The van der Waals surface area contributed by atoms with E-state index in [0.717, 1.165) is 44.3 Å². The predicted molar refractivity (Wildman–Crippen MR) is 66.3 cm³/mol. The molecule has 1 rings (SSSR count). The van der Waals surface area contributed by atoms with Crippen molar-refractivity contribution in [2.24, 2.45) is 7.05 Å². The van der Waals surface area contributed by atoms with E-state index < -0.39 is 5.60 Å². The molecule has 16 heavy (non-hydrogen) atoms. The smallest absolute Gasteiger partial charge is 0.108 e. The molecular weight excluding hydrogens is 200 g/mol. The maximum Gasteiger partial charge on any atom is 0.108 e. The predicted octanol–water partition coefficient (Wildman–Crippen LogP) is 2.68. The van der Waals surface area contributed by atoms with Gasteiger partial charge in [0.25, 0.3) is 0 Å². The molecule has 0 aliphatic rings. The fourth-order valence-electron chi connectivity index (χ4n) is 2.29. The topological polar surface area (TPSA) is 38.1 Å². The van der Waals surface area contributed by atoms with Gasteiger partial charge in [-0.1, -0.05) is 26.7 Å². The van der Waals surface area contributed by atoms with E-state index in [1.165, 1.54) is 0 Å². The highest BCUT2D eigenvalue weighted by Crippen LogP contribution is 2.24. The van der Waals surface area contributed by atoms with E-state index in [1.807, 2.05) is 24.0 Å². The zero-order chi connectivity index (χ0) is 12.0. The first-order valence-electron chi connectivity index (χ1n) is 6.30. The monoisotopic (exact) mass is 224 g/mol. The Hall–Kier alpha value is -0.830. The van der Waals surface area contributed by atoms with E-state index >= 15 is 0 Å². The molecule has 92 valence electrons. The third-order valence-electron chi connectivity index (χ3n) is 3.17. The molecule has 1 aromatic heterocycles. The molecule has 1 aromatic rings. The van der Waals surface area contributed by atoms with Gasteiger partial charge in [0.1, 0.15) is 5.82 Å². The number of aryl methyl sites for hydroxylation is 2. The first-order chi connectivity index (χ1) is 7.61. The van der Waals surface area contributed by atoms with E-state index in [1.54, 1.807) is 0 Å². The number of hydrogen-bond donors (Lipinski definition) is 1. The average Bonchev–Trinajstić information content (AvgIpc) is 2.62. The second-order valence-corrected chi connectivity index (χ2v) is 4.68. The van der Waals surface area contributed by atoms with Crippen molar-refractivity contribution in [1.82, 2.24) is 9.55 Å². The highest BCUT2D eigenvalue weighted by atomic mass is 16.3. The van der Waals surface area contributed by atoms with Crippen molar-refractivity contribution in [1.29, 1.82) is 0 Å². The molecule has 0 aliphatic heterocycles. The Balaban J connectivity index is 2.53. The summed E-state index contributed by atoms with van der Waals surface area (Å²) in [7, 11) is 2.00. The molecule has 0 atom stereocenters. The van der Waals surface area contributed by atoms with E-state index in [9.17, 15) is 5.11 Å². The van der Waals surface area contributed by atoms with Crippen LogP contribution in [0.15, 0.2) is 12.4 Å². The summed E-state index contributed by atoms with van der Waals surface area (Å²) < 4.78 is 2.03. The maximum absolute atomic E-state index is 10.5. The van der Waals surface area contributed by atoms with E-state index in [-0.39, 0.29) is 0 Å². The summed E-state index contributed by atoms with van der Waals surface area (Å²) in [5.74, 6) is 1.06. The number of imidazole rings is 1. The molecule has 3 nitrogen and oxygen atoms in total. The van der Waals surface area contributed by atoms with Gasteiger partial charge < -0.3 is 9.67 Å². The Bertz CT molecular complexity index is 301. The van der Waals surface area contributed by atoms with Crippen molar-refractivity contribution < 1.29 is 5.11 Å². The second kappa shape index (κ2) is 6.04. The Morgan fingerprint density at radius 1 is 1.25 bits per heavy atom. The lowest BCUT2D eigenvalue weighted by Gasteiger charge is -2.27. The molecule has 1 heterocycles. The largest absolute Gasteiger partial charge is 0.390 e. The highest BCUT2D eigenvalue weighted by Gasteiger charge is 2.24. The van der Waals surface area contributed by atoms with Gasteiger partial charge >= 0.3 is 0 Å². The summed E-state index contributed by atoms with van der Waals surface area (Å²) in [6.07, 6.45) is 9.31. The van der Waals surface area contributed by atoms with Crippen LogP contribution in [-0.4, -0.2) is 20.3 Å². The summed E-state index contributed by atoms with van der Waals surface area (Å²) in [6, 6.07) is 0. The third-order valence-corrected chi connectivity index (χ3v) is 3.17. The number of hydrogen-bond acceptors (Lipinski definition) is 2. The number of nitrogens with zero attached hydrogens (tertiary/aromatic N) is 2. The first-order valence-corrected chi connectivity index (χ1v) is 6.30. The van der Waals surface area contributed by atoms with Crippen LogP contribution < -0.4 is 0 Å². The van der Waals surface area contributed by atoms with Crippen molar-refractivity contribution in [3.8, 4) is 0 Å². The summed E-state index contributed by atoms with van der Waals surface area (Å²) >= 11 is 0. The SMILES string of the molecule is CCCC(O)(CCC)CCc1nccn1C. The minimum Gasteiger partial charge on any atom is -0.390 e. The fraction of sp³-hybridized carbons (Fsp3) is 0.769. The molecule has 0 bridgehead atoms. The lowest BCUT2D eigenvalue weighted by molar-refractivity contribution is 0.0126. The molecule has 0 fully saturated rings. The standard InChI is InChI=1S/C13H24N2O/c1-4-7-13(16,8-5-2)9-6-12-14-10-11-15(12)3/h10-11,16H,4-9H2,1-3H3. The van der Waals surface area contributed by atoms with Crippen LogP contribution in [0.1, 0.15) is 51.8 Å². The zero-order valence-electron chi connectivity index (χ0n) is 10.7. The minimum atomic E-state index is -0.491. The van der Waals surface area contributed by atoms with Gasteiger partial charge in [0, 0.05) is 25.9 Å². The van der Waals surface area contributed by atoms with Crippen LogP contribution in [0.4, 0.5) is 0 Å². The molecule has 3 heteroatoms. The minimum absolute atomic E-state index is 0.491. The number of aliphatic hydroxyl groups is 1. The molecule has 0 spiro atoms. The van der Waals surface area contributed by atoms with Crippen LogP contribution >= 0.6 is 0 Å². The summed E-state index contributed by atoms with van der Waals surface area (Å²) in [5, 5.41) is 10.5. The summed E-state index contributed by atoms with van der Waals surface area (Å²) in [4.78, 5) is 4.29.